The van der Waals surface area contributed by atoms with Gasteiger partial charge in [0.25, 0.3) is 5.91 Å². The highest BCUT2D eigenvalue weighted by molar-refractivity contribution is 5.98. The summed E-state index contributed by atoms with van der Waals surface area (Å²) in [4.78, 5) is 32.8. The molecule has 0 aliphatic heterocycles. The normalized spacial score (nSPS) is 11.8. The molecule has 0 bridgehead atoms. The number of fused-ring (bicyclic) bond motifs is 1. The molecule has 25 heavy (non-hydrogen) atoms. The van der Waals surface area contributed by atoms with Crippen molar-refractivity contribution < 1.29 is 14.3 Å². The van der Waals surface area contributed by atoms with Gasteiger partial charge in [-0.1, -0.05) is 12.1 Å². The molecule has 0 radical (unpaired) electrons. The predicted molar refractivity (Wildman–Crippen MR) is 94.2 cm³/mol. The van der Waals surface area contributed by atoms with Crippen molar-refractivity contribution in [3.63, 3.8) is 0 Å². The summed E-state index contributed by atoms with van der Waals surface area (Å²) >= 11 is 0. The van der Waals surface area contributed by atoms with Gasteiger partial charge in [0.1, 0.15) is 0 Å². The van der Waals surface area contributed by atoms with E-state index in [9.17, 15) is 9.59 Å². The van der Waals surface area contributed by atoms with Crippen LogP contribution in [-0.4, -0.2) is 27.9 Å². The van der Waals surface area contributed by atoms with Gasteiger partial charge < -0.3 is 10.1 Å². The van der Waals surface area contributed by atoms with Crippen LogP contribution in [0.1, 0.15) is 22.8 Å². The van der Waals surface area contributed by atoms with Gasteiger partial charge >= 0.3 is 5.97 Å². The van der Waals surface area contributed by atoms with E-state index in [1.54, 1.807) is 36.7 Å². The molecule has 1 N–H and O–H groups in total. The lowest BCUT2D eigenvalue weighted by Crippen LogP contribution is -2.30. The molecule has 1 amide bonds. The summed E-state index contributed by atoms with van der Waals surface area (Å²) in [6.45, 7) is 3.46. The Balaban J connectivity index is 1.67. The summed E-state index contributed by atoms with van der Waals surface area (Å²) in [6.07, 6.45) is 2.21. The average molecular weight is 335 g/mol. The molecule has 1 aromatic heterocycles. The molecule has 1 heterocycles. The maximum absolute atomic E-state index is 12.3. The molecule has 0 unspecified atom stereocenters. The van der Waals surface area contributed by atoms with E-state index in [4.69, 9.17) is 4.74 Å². The molecular weight excluding hydrogens is 318 g/mol. The second-order valence-corrected chi connectivity index (χ2v) is 5.67. The molecule has 6 heteroatoms. The van der Waals surface area contributed by atoms with Crippen molar-refractivity contribution in [1.82, 2.24) is 9.97 Å². The first kappa shape index (κ1) is 16.6. The fourth-order valence-corrected chi connectivity index (χ4v) is 2.34. The number of benzene rings is 2. The zero-order chi connectivity index (χ0) is 17.8. The Kier molecular flexibility index (Phi) is 4.70. The maximum atomic E-state index is 12.3. The summed E-state index contributed by atoms with van der Waals surface area (Å²) in [6, 6.07) is 12.3. The van der Waals surface area contributed by atoms with Gasteiger partial charge in [-0.25, -0.2) is 4.79 Å². The van der Waals surface area contributed by atoms with Crippen LogP contribution in [0, 0.1) is 6.92 Å². The van der Waals surface area contributed by atoms with Crippen LogP contribution < -0.4 is 5.32 Å². The second-order valence-electron chi connectivity index (χ2n) is 5.67. The number of nitrogens with zero attached hydrogens (tertiary/aromatic N) is 2. The number of esters is 1. The number of hydrogen-bond donors (Lipinski definition) is 1. The highest BCUT2D eigenvalue weighted by Crippen LogP contribution is 2.14. The first-order valence-corrected chi connectivity index (χ1v) is 7.82. The van der Waals surface area contributed by atoms with E-state index < -0.39 is 12.1 Å². The monoisotopic (exact) mass is 335 g/mol. The Morgan fingerprint density at radius 3 is 2.56 bits per heavy atom. The summed E-state index contributed by atoms with van der Waals surface area (Å²) in [7, 11) is 0. The van der Waals surface area contributed by atoms with Crippen molar-refractivity contribution in [1.29, 1.82) is 0 Å². The third-order valence-corrected chi connectivity index (χ3v) is 3.64. The van der Waals surface area contributed by atoms with E-state index in [0.29, 0.717) is 22.3 Å². The first-order chi connectivity index (χ1) is 12.0. The lowest BCUT2D eigenvalue weighted by atomic mass is 10.2. The lowest BCUT2D eigenvalue weighted by Gasteiger charge is -2.14. The van der Waals surface area contributed by atoms with Crippen LogP contribution in [0.25, 0.3) is 11.0 Å². The third-order valence-electron chi connectivity index (χ3n) is 3.64. The molecule has 3 aromatic rings. The van der Waals surface area contributed by atoms with Gasteiger partial charge in [-0.2, -0.15) is 0 Å². The number of hydrogen-bond acceptors (Lipinski definition) is 5. The van der Waals surface area contributed by atoms with E-state index >= 15 is 0 Å². The molecule has 0 saturated heterocycles. The quantitative estimate of drug-likeness (QED) is 0.741. The van der Waals surface area contributed by atoms with Crippen LogP contribution in [0.4, 0.5) is 5.69 Å². The summed E-state index contributed by atoms with van der Waals surface area (Å²) < 4.78 is 5.25. The minimum Gasteiger partial charge on any atom is -0.449 e. The molecule has 126 valence electrons. The van der Waals surface area contributed by atoms with Crippen LogP contribution in [-0.2, 0) is 9.53 Å². The summed E-state index contributed by atoms with van der Waals surface area (Å²) in [5, 5.41) is 2.73. The molecule has 0 aliphatic rings. The standard InChI is InChI=1S/C19H17N3O3/c1-12-4-3-5-15(10-12)22-18(23)13(2)25-19(24)14-6-7-16-17(11-14)21-9-8-20-16/h3-11,13H,1-2H3,(H,22,23)/t13-/m0/s1. The van der Waals surface area contributed by atoms with Gasteiger partial charge in [-0.05, 0) is 49.7 Å². The molecule has 0 fully saturated rings. The van der Waals surface area contributed by atoms with Crippen molar-refractivity contribution in [2.75, 3.05) is 5.32 Å². The van der Waals surface area contributed by atoms with Crippen molar-refractivity contribution >= 4 is 28.6 Å². The van der Waals surface area contributed by atoms with Crippen LogP contribution >= 0.6 is 0 Å². The zero-order valence-electron chi connectivity index (χ0n) is 13.9. The van der Waals surface area contributed by atoms with Crippen molar-refractivity contribution in [3.05, 3.63) is 66.0 Å². The Bertz CT molecular complexity index is 940. The SMILES string of the molecule is Cc1cccc(NC(=O)[C@H](C)OC(=O)c2ccc3nccnc3c2)c1. The van der Waals surface area contributed by atoms with Crippen molar-refractivity contribution in [3.8, 4) is 0 Å². The number of carbonyl (C=O) groups is 2. The highest BCUT2D eigenvalue weighted by Gasteiger charge is 2.19. The minimum absolute atomic E-state index is 0.322. The number of anilines is 1. The van der Waals surface area contributed by atoms with Gasteiger partial charge in [0.2, 0.25) is 0 Å². The lowest BCUT2D eigenvalue weighted by molar-refractivity contribution is -0.123. The molecule has 0 spiro atoms. The third kappa shape index (κ3) is 3.98. The fourth-order valence-electron chi connectivity index (χ4n) is 2.34. The van der Waals surface area contributed by atoms with E-state index in [0.717, 1.165) is 5.56 Å². The van der Waals surface area contributed by atoms with Crippen molar-refractivity contribution in [2.24, 2.45) is 0 Å². The molecule has 6 nitrogen and oxygen atoms in total. The van der Waals surface area contributed by atoms with Crippen LogP contribution in [0.15, 0.2) is 54.9 Å². The molecule has 3 rings (SSSR count). The van der Waals surface area contributed by atoms with Gasteiger partial charge in [-0.3, -0.25) is 14.8 Å². The maximum Gasteiger partial charge on any atom is 0.338 e. The number of aryl methyl sites for hydroxylation is 1. The summed E-state index contributed by atoms with van der Waals surface area (Å²) in [5.41, 5.74) is 3.29. The average Bonchev–Trinajstić information content (AvgIpc) is 2.61. The number of ether oxygens (including phenoxy) is 1. The number of carbonyl (C=O) groups excluding carboxylic acids is 2. The van der Waals surface area contributed by atoms with Crippen LogP contribution in [0.5, 0.6) is 0 Å². The summed E-state index contributed by atoms with van der Waals surface area (Å²) in [5.74, 6) is -0.973. The number of amides is 1. The molecular formula is C19H17N3O3. The number of aromatic nitrogens is 2. The second kappa shape index (κ2) is 7.09. The van der Waals surface area contributed by atoms with Gasteiger partial charge in [0.05, 0.1) is 16.6 Å². The van der Waals surface area contributed by atoms with E-state index in [-0.39, 0.29) is 5.91 Å². The number of rotatable bonds is 4. The fraction of sp³-hybridized carbons (Fsp3) is 0.158. The number of nitrogens with one attached hydrogen (secondary N) is 1. The largest absolute Gasteiger partial charge is 0.449 e. The first-order valence-electron chi connectivity index (χ1n) is 7.82. The van der Waals surface area contributed by atoms with Crippen molar-refractivity contribution in [2.45, 2.75) is 20.0 Å². The molecule has 2 aromatic carbocycles. The van der Waals surface area contributed by atoms with Crippen LogP contribution in [0.2, 0.25) is 0 Å². The van der Waals surface area contributed by atoms with Gasteiger partial charge in [0, 0.05) is 18.1 Å². The topological polar surface area (TPSA) is 81.2 Å². The van der Waals surface area contributed by atoms with Crippen LogP contribution in [0.3, 0.4) is 0 Å². The zero-order valence-corrected chi connectivity index (χ0v) is 13.9. The Morgan fingerprint density at radius 2 is 1.80 bits per heavy atom. The Hall–Kier alpha value is -3.28. The Labute approximate surface area is 144 Å². The molecule has 0 aliphatic carbocycles. The van der Waals surface area contributed by atoms with Gasteiger partial charge in [-0.15, -0.1) is 0 Å². The molecule has 0 saturated carbocycles. The smallest absolute Gasteiger partial charge is 0.338 e. The van der Waals surface area contributed by atoms with E-state index in [1.165, 1.54) is 6.92 Å². The Morgan fingerprint density at radius 1 is 1.04 bits per heavy atom. The van der Waals surface area contributed by atoms with Gasteiger partial charge in [0.15, 0.2) is 6.10 Å². The highest BCUT2D eigenvalue weighted by atomic mass is 16.5. The van der Waals surface area contributed by atoms with E-state index in [1.807, 2.05) is 25.1 Å². The minimum atomic E-state index is -0.925. The van der Waals surface area contributed by atoms with E-state index in [2.05, 4.69) is 15.3 Å². The predicted octanol–water partition coefficient (Wildman–Crippen LogP) is 3.12. The molecule has 1 atom stereocenters.